The lowest BCUT2D eigenvalue weighted by Crippen LogP contribution is -2.55. The molecule has 0 radical (unpaired) electrons. The number of carbonyl (C=O) groups excluding carboxylic acids is 3. The fourth-order valence-electron chi connectivity index (χ4n) is 6.72. The van der Waals surface area contributed by atoms with E-state index < -0.39 is 23.4 Å². The zero-order valence-corrected chi connectivity index (χ0v) is 23.4. The van der Waals surface area contributed by atoms with Gasteiger partial charge in [-0.2, -0.15) is 0 Å². The molecular weight excluding hydrogens is 588 g/mol. The highest BCUT2D eigenvalue weighted by Crippen LogP contribution is 2.58. The van der Waals surface area contributed by atoms with Gasteiger partial charge in [0.2, 0.25) is 5.91 Å². The Morgan fingerprint density at radius 1 is 0.850 bits per heavy atom. The largest absolute Gasteiger partial charge is 0.352 e. The van der Waals surface area contributed by atoms with Crippen molar-refractivity contribution in [2.24, 2.45) is 5.92 Å². The molecule has 0 aliphatic carbocycles. The summed E-state index contributed by atoms with van der Waals surface area (Å²) in [6.45, 7) is 0. The van der Waals surface area contributed by atoms with Gasteiger partial charge < -0.3 is 10.2 Å². The standard InChI is InChI=1S/C33H22BrClN2O3/c34-22-13-10-20(11-14-22)30(39)31-33(24-8-4-5-9-25(24)36-32(33)40)28(29(38)19-6-2-1-3-7-19)27-16-12-21-18-23(35)15-17-26(21)37(27)31/h1-18,27-28,31H,(H,36,40)/t27-,28-,31+,33+/m1/s1. The summed E-state index contributed by atoms with van der Waals surface area (Å²) in [6.07, 6.45) is 3.88. The molecule has 5 nitrogen and oxygen atoms in total. The molecular formula is C33H22BrClN2O3. The second-order valence-corrected chi connectivity index (χ2v) is 11.7. The molecule has 3 aliphatic heterocycles. The first-order chi connectivity index (χ1) is 19.4. The molecule has 7 heteroatoms. The maximum Gasteiger partial charge on any atom is 0.238 e. The summed E-state index contributed by atoms with van der Waals surface area (Å²) in [5.41, 5.74) is 2.33. The minimum Gasteiger partial charge on any atom is -0.352 e. The predicted octanol–water partition coefficient (Wildman–Crippen LogP) is 6.96. The maximum atomic E-state index is 14.7. The van der Waals surface area contributed by atoms with Gasteiger partial charge in [0.15, 0.2) is 11.6 Å². The molecule has 0 bridgehead atoms. The van der Waals surface area contributed by atoms with E-state index >= 15 is 0 Å². The van der Waals surface area contributed by atoms with E-state index in [-0.39, 0.29) is 17.5 Å². The number of carbonyl (C=O) groups is 3. The van der Waals surface area contributed by atoms with Crippen LogP contribution in [-0.4, -0.2) is 29.6 Å². The predicted molar refractivity (Wildman–Crippen MR) is 160 cm³/mol. The van der Waals surface area contributed by atoms with Crippen LogP contribution in [0.15, 0.2) is 108 Å². The normalized spacial score (nSPS) is 23.9. The van der Waals surface area contributed by atoms with Crippen molar-refractivity contribution in [3.8, 4) is 0 Å². The summed E-state index contributed by atoms with van der Waals surface area (Å²) in [7, 11) is 0. The van der Waals surface area contributed by atoms with Crippen LogP contribution in [0, 0.1) is 5.92 Å². The number of Topliss-reactive ketones (excluding diaryl/α,β-unsaturated/α-hetero) is 2. The third kappa shape index (κ3) is 3.49. The summed E-state index contributed by atoms with van der Waals surface area (Å²) in [6, 6.07) is 27.5. The van der Waals surface area contributed by atoms with Gasteiger partial charge >= 0.3 is 0 Å². The smallest absolute Gasteiger partial charge is 0.238 e. The van der Waals surface area contributed by atoms with Crippen molar-refractivity contribution in [2.75, 3.05) is 10.2 Å². The average molecular weight is 610 g/mol. The van der Waals surface area contributed by atoms with Crippen molar-refractivity contribution in [1.82, 2.24) is 0 Å². The highest BCUT2D eigenvalue weighted by molar-refractivity contribution is 9.10. The first-order valence-corrected chi connectivity index (χ1v) is 14.1. The average Bonchev–Trinajstić information content (AvgIpc) is 3.45. The van der Waals surface area contributed by atoms with E-state index in [0.717, 1.165) is 15.7 Å². The Balaban J connectivity index is 1.55. The molecule has 3 heterocycles. The van der Waals surface area contributed by atoms with Gasteiger partial charge in [-0.15, -0.1) is 0 Å². The molecule has 196 valence electrons. The Kier molecular flexibility index (Phi) is 5.81. The van der Waals surface area contributed by atoms with E-state index in [1.54, 1.807) is 30.3 Å². The summed E-state index contributed by atoms with van der Waals surface area (Å²) in [5, 5.41) is 3.59. The molecule has 1 saturated heterocycles. The van der Waals surface area contributed by atoms with Gasteiger partial charge in [-0.3, -0.25) is 14.4 Å². The number of para-hydroxylation sites is 1. The Hall–Kier alpha value is -4.00. The lowest BCUT2D eigenvalue weighted by atomic mass is 9.63. The van der Waals surface area contributed by atoms with Crippen LogP contribution in [-0.2, 0) is 10.2 Å². The van der Waals surface area contributed by atoms with Crippen LogP contribution < -0.4 is 10.2 Å². The molecule has 1 amide bonds. The molecule has 0 unspecified atom stereocenters. The molecule has 4 aromatic carbocycles. The minimum absolute atomic E-state index is 0.185. The van der Waals surface area contributed by atoms with Crippen LogP contribution in [0.5, 0.6) is 0 Å². The maximum absolute atomic E-state index is 14.7. The first-order valence-electron chi connectivity index (χ1n) is 13.0. The van der Waals surface area contributed by atoms with E-state index in [2.05, 4.69) is 21.2 Å². The van der Waals surface area contributed by atoms with Gasteiger partial charge in [0, 0.05) is 32.0 Å². The summed E-state index contributed by atoms with van der Waals surface area (Å²) < 4.78 is 0.838. The Morgan fingerprint density at radius 2 is 1.55 bits per heavy atom. The molecule has 40 heavy (non-hydrogen) atoms. The van der Waals surface area contributed by atoms with Gasteiger partial charge in [-0.25, -0.2) is 0 Å². The number of hydrogen-bond donors (Lipinski definition) is 1. The van der Waals surface area contributed by atoms with Crippen LogP contribution >= 0.6 is 27.5 Å². The first kappa shape index (κ1) is 25.0. The van der Waals surface area contributed by atoms with E-state index in [9.17, 15) is 14.4 Å². The molecule has 1 N–H and O–H groups in total. The van der Waals surface area contributed by atoms with Crippen molar-refractivity contribution in [2.45, 2.75) is 17.5 Å². The zero-order chi connectivity index (χ0) is 27.6. The fourth-order valence-corrected chi connectivity index (χ4v) is 7.17. The molecule has 1 spiro atoms. The van der Waals surface area contributed by atoms with Gasteiger partial charge in [0.05, 0.1) is 12.0 Å². The van der Waals surface area contributed by atoms with Gasteiger partial charge in [-0.1, -0.05) is 100 Å². The molecule has 0 aromatic heterocycles. The van der Waals surface area contributed by atoms with E-state index in [0.29, 0.717) is 27.4 Å². The number of benzene rings is 4. The Bertz CT molecular complexity index is 1740. The number of halogens is 2. The SMILES string of the molecule is O=C(c1ccc(Br)cc1)[C@@H]1N2c3ccc(Cl)cc3C=C[C@@H]2[C@H](C(=O)c2ccccc2)[C@]12C(=O)Nc1ccccc12. The molecule has 1 fully saturated rings. The van der Waals surface area contributed by atoms with Crippen LogP contribution in [0.3, 0.4) is 0 Å². The number of hydrogen-bond acceptors (Lipinski definition) is 4. The van der Waals surface area contributed by atoms with Gasteiger partial charge in [0.1, 0.15) is 11.5 Å². The lowest BCUT2D eigenvalue weighted by molar-refractivity contribution is -0.121. The minimum atomic E-state index is -1.48. The lowest BCUT2D eigenvalue weighted by Gasteiger charge is -2.37. The topological polar surface area (TPSA) is 66.5 Å². The summed E-state index contributed by atoms with van der Waals surface area (Å²) >= 11 is 9.81. The van der Waals surface area contributed by atoms with Crippen molar-refractivity contribution in [3.63, 3.8) is 0 Å². The van der Waals surface area contributed by atoms with E-state index in [1.165, 1.54) is 0 Å². The summed E-state index contributed by atoms with van der Waals surface area (Å²) in [4.78, 5) is 45.7. The van der Waals surface area contributed by atoms with Crippen LogP contribution in [0.1, 0.15) is 31.8 Å². The Labute approximate surface area is 244 Å². The number of rotatable bonds is 4. The molecule has 4 aromatic rings. The molecule has 4 atom stereocenters. The van der Waals surface area contributed by atoms with E-state index in [1.807, 2.05) is 83.8 Å². The molecule has 0 saturated carbocycles. The molecule has 3 aliphatic rings. The number of fused-ring (bicyclic) bond motifs is 5. The van der Waals surface area contributed by atoms with E-state index in [4.69, 9.17) is 11.6 Å². The quantitative estimate of drug-likeness (QED) is 0.254. The summed E-state index contributed by atoms with van der Waals surface area (Å²) in [5.74, 6) is -1.64. The number of nitrogens with one attached hydrogen (secondary N) is 1. The van der Waals surface area contributed by atoms with Crippen LogP contribution in [0.4, 0.5) is 11.4 Å². The monoisotopic (exact) mass is 608 g/mol. The van der Waals surface area contributed by atoms with Crippen LogP contribution in [0.25, 0.3) is 6.08 Å². The van der Waals surface area contributed by atoms with Crippen molar-refractivity contribution < 1.29 is 14.4 Å². The van der Waals surface area contributed by atoms with Gasteiger partial charge in [0.25, 0.3) is 0 Å². The highest BCUT2D eigenvalue weighted by atomic mass is 79.9. The van der Waals surface area contributed by atoms with Crippen LogP contribution in [0.2, 0.25) is 5.02 Å². The van der Waals surface area contributed by atoms with Crippen molar-refractivity contribution in [3.05, 3.63) is 135 Å². The van der Waals surface area contributed by atoms with Gasteiger partial charge in [-0.05, 0) is 47.5 Å². The zero-order valence-electron chi connectivity index (χ0n) is 21.1. The third-order valence-electron chi connectivity index (χ3n) is 8.32. The second kappa shape index (κ2) is 9.29. The number of anilines is 2. The fraction of sp³-hybridized carbons (Fsp3) is 0.121. The van der Waals surface area contributed by atoms with Crippen molar-refractivity contribution in [1.29, 1.82) is 0 Å². The highest BCUT2D eigenvalue weighted by Gasteiger charge is 2.70. The number of amides is 1. The second-order valence-electron chi connectivity index (χ2n) is 10.3. The third-order valence-corrected chi connectivity index (χ3v) is 9.08. The Morgan fingerprint density at radius 3 is 2.33 bits per heavy atom. The number of nitrogens with zero attached hydrogens (tertiary/aromatic N) is 1. The molecule has 7 rings (SSSR count). The number of ketones is 2. The van der Waals surface area contributed by atoms with Crippen molar-refractivity contribution >= 4 is 62.5 Å².